The Kier molecular flexibility index (Phi) is 7.03. The summed E-state index contributed by atoms with van der Waals surface area (Å²) in [6.45, 7) is 3.13. The van der Waals surface area contributed by atoms with Gasteiger partial charge in [-0.25, -0.2) is 0 Å². The van der Waals surface area contributed by atoms with Crippen LogP contribution in [0.1, 0.15) is 36.9 Å². The van der Waals surface area contributed by atoms with Crippen LogP contribution in [0.5, 0.6) is 17.2 Å². The normalized spacial score (nSPS) is 17.7. The van der Waals surface area contributed by atoms with E-state index in [9.17, 15) is 9.90 Å². The number of hydrogen-bond donors (Lipinski definition) is 1. The second kappa shape index (κ2) is 9.50. The Morgan fingerprint density at radius 1 is 1.17 bits per heavy atom. The maximum absolute atomic E-state index is 12.0. The van der Waals surface area contributed by atoms with Crippen LogP contribution in [0.2, 0.25) is 0 Å². The van der Waals surface area contributed by atoms with Gasteiger partial charge in [0.15, 0.2) is 0 Å². The Hall–Kier alpha value is -2.25. The van der Waals surface area contributed by atoms with Crippen LogP contribution in [0, 0.1) is 0 Å². The first kappa shape index (κ1) is 21.5. The Bertz CT molecular complexity index is 872. The molecule has 1 fully saturated rings. The number of benzene rings is 2. The lowest BCUT2D eigenvalue weighted by Gasteiger charge is -2.34. The quantitative estimate of drug-likeness (QED) is 0.621. The van der Waals surface area contributed by atoms with E-state index < -0.39 is 12.0 Å². The van der Waals surface area contributed by atoms with Gasteiger partial charge in [0.05, 0.1) is 26.9 Å². The Morgan fingerprint density at radius 2 is 1.97 bits per heavy atom. The van der Waals surface area contributed by atoms with Gasteiger partial charge in [0.2, 0.25) is 0 Å². The van der Waals surface area contributed by atoms with Crippen molar-refractivity contribution in [2.24, 2.45) is 0 Å². The fourth-order valence-electron chi connectivity index (χ4n) is 3.95. The van der Waals surface area contributed by atoms with Gasteiger partial charge in [-0.15, -0.1) is 0 Å². The van der Waals surface area contributed by atoms with Crippen LogP contribution in [0.15, 0.2) is 40.9 Å². The SMILES string of the molecule is CCOc1ccc(Br)cc1C(c1ccc(OC)cc1OC)N1CCCC1C(=O)O. The molecule has 2 unspecified atom stereocenters. The summed E-state index contributed by atoms with van der Waals surface area (Å²) in [5.41, 5.74) is 1.78. The number of aliphatic carboxylic acids is 1. The Morgan fingerprint density at radius 3 is 2.62 bits per heavy atom. The highest BCUT2D eigenvalue weighted by atomic mass is 79.9. The molecule has 3 rings (SSSR count). The van der Waals surface area contributed by atoms with E-state index in [1.807, 2.05) is 48.2 Å². The number of carboxylic acid groups (broad SMARTS) is 1. The molecule has 0 saturated carbocycles. The van der Waals surface area contributed by atoms with Gasteiger partial charge in [-0.05, 0) is 50.1 Å². The topological polar surface area (TPSA) is 68.2 Å². The summed E-state index contributed by atoms with van der Waals surface area (Å²) < 4.78 is 17.8. The van der Waals surface area contributed by atoms with Gasteiger partial charge in [0.1, 0.15) is 23.3 Å². The van der Waals surface area contributed by atoms with E-state index in [0.29, 0.717) is 31.1 Å². The van der Waals surface area contributed by atoms with E-state index in [-0.39, 0.29) is 6.04 Å². The monoisotopic (exact) mass is 463 g/mol. The van der Waals surface area contributed by atoms with Crippen molar-refractivity contribution in [3.8, 4) is 17.2 Å². The van der Waals surface area contributed by atoms with E-state index >= 15 is 0 Å². The molecule has 156 valence electrons. The first-order valence-corrected chi connectivity index (χ1v) is 10.4. The molecule has 1 heterocycles. The van der Waals surface area contributed by atoms with Gasteiger partial charge in [0, 0.05) is 28.2 Å². The van der Waals surface area contributed by atoms with Crippen molar-refractivity contribution in [1.29, 1.82) is 0 Å². The lowest BCUT2D eigenvalue weighted by molar-refractivity contribution is -0.142. The smallest absolute Gasteiger partial charge is 0.320 e. The standard InChI is InChI=1S/C22H26BrNO5/c1-4-29-19-10-7-14(23)12-17(19)21(24-11-5-6-18(24)22(25)26)16-9-8-15(27-2)13-20(16)28-3/h7-10,12-13,18,21H,4-6,11H2,1-3H3,(H,25,26). The summed E-state index contributed by atoms with van der Waals surface area (Å²) >= 11 is 3.56. The van der Waals surface area contributed by atoms with Gasteiger partial charge < -0.3 is 19.3 Å². The third-order valence-electron chi connectivity index (χ3n) is 5.21. The summed E-state index contributed by atoms with van der Waals surface area (Å²) in [6.07, 6.45) is 1.44. The van der Waals surface area contributed by atoms with Gasteiger partial charge in [-0.2, -0.15) is 0 Å². The third-order valence-corrected chi connectivity index (χ3v) is 5.71. The maximum Gasteiger partial charge on any atom is 0.320 e. The number of nitrogens with zero attached hydrogens (tertiary/aromatic N) is 1. The van der Waals surface area contributed by atoms with Crippen molar-refractivity contribution in [2.75, 3.05) is 27.4 Å². The van der Waals surface area contributed by atoms with Crippen molar-refractivity contribution in [2.45, 2.75) is 31.8 Å². The predicted molar refractivity (Wildman–Crippen MR) is 114 cm³/mol. The number of methoxy groups -OCH3 is 2. The fourth-order valence-corrected chi connectivity index (χ4v) is 4.33. The first-order chi connectivity index (χ1) is 14.0. The van der Waals surface area contributed by atoms with Crippen molar-refractivity contribution >= 4 is 21.9 Å². The molecule has 0 amide bonds. The molecule has 2 atom stereocenters. The molecule has 1 N–H and O–H groups in total. The molecular weight excluding hydrogens is 438 g/mol. The average Bonchev–Trinajstić information content (AvgIpc) is 3.20. The summed E-state index contributed by atoms with van der Waals surface area (Å²) in [5, 5.41) is 9.83. The molecule has 1 aliphatic heterocycles. The number of ether oxygens (including phenoxy) is 3. The molecular formula is C22H26BrNO5. The van der Waals surface area contributed by atoms with Crippen molar-refractivity contribution in [3.05, 3.63) is 52.0 Å². The summed E-state index contributed by atoms with van der Waals surface area (Å²) in [4.78, 5) is 14.0. The lowest BCUT2D eigenvalue weighted by Crippen LogP contribution is -2.39. The minimum absolute atomic E-state index is 0.335. The zero-order chi connectivity index (χ0) is 21.0. The highest BCUT2D eigenvalue weighted by molar-refractivity contribution is 9.10. The van der Waals surface area contributed by atoms with E-state index in [2.05, 4.69) is 15.9 Å². The second-order valence-corrected chi connectivity index (χ2v) is 7.78. The van der Waals surface area contributed by atoms with E-state index in [4.69, 9.17) is 14.2 Å². The number of rotatable bonds is 8. The number of hydrogen-bond acceptors (Lipinski definition) is 5. The van der Waals surface area contributed by atoms with Gasteiger partial charge in [-0.3, -0.25) is 9.69 Å². The van der Waals surface area contributed by atoms with E-state index in [0.717, 1.165) is 27.8 Å². The number of likely N-dealkylation sites (tertiary alicyclic amines) is 1. The van der Waals surface area contributed by atoms with E-state index in [1.54, 1.807) is 14.2 Å². The highest BCUT2D eigenvalue weighted by Gasteiger charge is 2.39. The minimum atomic E-state index is -0.812. The van der Waals surface area contributed by atoms with Gasteiger partial charge in [-0.1, -0.05) is 15.9 Å². The van der Waals surface area contributed by atoms with Crippen LogP contribution in [0.25, 0.3) is 0 Å². The van der Waals surface area contributed by atoms with Crippen LogP contribution in [-0.4, -0.2) is 49.4 Å². The summed E-state index contributed by atoms with van der Waals surface area (Å²) in [6, 6.07) is 10.6. The second-order valence-electron chi connectivity index (χ2n) is 6.86. The molecule has 7 heteroatoms. The van der Waals surface area contributed by atoms with Crippen molar-refractivity contribution in [1.82, 2.24) is 4.90 Å². The van der Waals surface area contributed by atoms with Crippen LogP contribution in [0.3, 0.4) is 0 Å². The maximum atomic E-state index is 12.0. The molecule has 0 bridgehead atoms. The number of carboxylic acids is 1. The highest BCUT2D eigenvalue weighted by Crippen LogP contribution is 2.44. The van der Waals surface area contributed by atoms with Crippen LogP contribution >= 0.6 is 15.9 Å². The summed E-state index contributed by atoms with van der Waals surface area (Å²) in [5.74, 6) is 1.25. The third kappa shape index (κ3) is 4.51. The van der Waals surface area contributed by atoms with Crippen molar-refractivity contribution in [3.63, 3.8) is 0 Å². The molecule has 0 aliphatic carbocycles. The van der Waals surface area contributed by atoms with Crippen LogP contribution in [-0.2, 0) is 4.79 Å². The molecule has 29 heavy (non-hydrogen) atoms. The number of halogens is 1. The van der Waals surface area contributed by atoms with Gasteiger partial charge >= 0.3 is 5.97 Å². The molecule has 0 spiro atoms. The van der Waals surface area contributed by atoms with Crippen LogP contribution < -0.4 is 14.2 Å². The molecule has 1 aliphatic rings. The van der Waals surface area contributed by atoms with Crippen LogP contribution in [0.4, 0.5) is 0 Å². The fraction of sp³-hybridized carbons (Fsp3) is 0.409. The van der Waals surface area contributed by atoms with Crippen molar-refractivity contribution < 1.29 is 24.1 Å². The zero-order valence-corrected chi connectivity index (χ0v) is 18.4. The molecule has 2 aromatic rings. The zero-order valence-electron chi connectivity index (χ0n) is 16.9. The minimum Gasteiger partial charge on any atom is -0.497 e. The Balaban J connectivity index is 2.21. The van der Waals surface area contributed by atoms with Gasteiger partial charge in [0.25, 0.3) is 0 Å². The predicted octanol–water partition coefficient (Wildman–Crippen LogP) is 4.50. The molecule has 2 aromatic carbocycles. The molecule has 0 radical (unpaired) electrons. The van der Waals surface area contributed by atoms with E-state index in [1.165, 1.54) is 0 Å². The number of carbonyl (C=O) groups is 1. The Labute approximate surface area is 179 Å². The largest absolute Gasteiger partial charge is 0.497 e. The average molecular weight is 464 g/mol. The molecule has 1 saturated heterocycles. The molecule has 0 aromatic heterocycles. The first-order valence-electron chi connectivity index (χ1n) is 9.62. The summed E-state index contributed by atoms with van der Waals surface area (Å²) in [7, 11) is 3.21. The molecule has 6 nitrogen and oxygen atoms in total. The lowest BCUT2D eigenvalue weighted by atomic mass is 9.94.